The van der Waals surface area contributed by atoms with Crippen molar-refractivity contribution in [1.82, 2.24) is 5.32 Å². The van der Waals surface area contributed by atoms with Crippen molar-refractivity contribution in [3.63, 3.8) is 0 Å². The van der Waals surface area contributed by atoms with Crippen molar-refractivity contribution in [2.45, 2.75) is 25.8 Å². The molecule has 2 aliphatic rings. The SMILES string of the molecule is CC1(CNCCOCC2CC2)COCC1N. The van der Waals surface area contributed by atoms with E-state index < -0.39 is 0 Å². The van der Waals surface area contributed by atoms with Gasteiger partial charge in [0, 0.05) is 31.2 Å². The molecule has 2 rings (SSSR count). The largest absolute Gasteiger partial charge is 0.380 e. The predicted molar refractivity (Wildman–Crippen MR) is 63.3 cm³/mol. The highest BCUT2D eigenvalue weighted by Crippen LogP contribution is 2.28. The van der Waals surface area contributed by atoms with Crippen LogP contribution >= 0.6 is 0 Å². The summed E-state index contributed by atoms with van der Waals surface area (Å²) in [6.07, 6.45) is 2.72. The van der Waals surface area contributed by atoms with Crippen LogP contribution in [0.25, 0.3) is 0 Å². The number of rotatable bonds is 7. The molecule has 2 unspecified atom stereocenters. The summed E-state index contributed by atoms with van der Waals surface area (Å²) in [6.45, 7) is 7.23. The van der Waals surface area contributed by atoms with Crippen molar-refractivity contribution in [3.8, 4) is 0 Å². The maximum Gasteiger partial charge on any atom is 0.0624 e. The predicted octanol–water partition coefficient (Wildman–Crippen LogP) is 0.366. The van der Waals surface area contributed by atoms with Crippen LogP contribution in [0.3, 0.4) is 0 Å². The second-order valence-electron chi connectivity index (χ2n) is 5.47. The van der Waals surface area contributed by atoms with Gasteiger partial charge in [0.1, 0.15) is 0 Å². The van der Waals surface area contributed by atoms with Gasteiger partial charge in [0.15, 0.2) is 0 Å². The zero-order valence-electron chi connectivity index (χ0n) is 10.2. The highest BCUT2D eigenvalue weighted by atomic mass is 16.5. The Balaban J connectivity index is 1.49. The maximum absolute atomic E-state index is 6.01. The Morgan fingerprint density at radius 2 is 2.31 bits per heavy atom. The number of ether oxygens (including phenoxy) is 2. The lowest BCUT2D eigenvalue weighted by atomic mass is 9.86. The van der Waals surface area contributed by atoms with Gasteiger partial charge in [-0.05, 0) is 18.8 Å². The summed E-state index contributed by atoms with van der Waals surface area (Å²) in [6, 6.07) is 0.160. The topological polar surface area (TPSA) is 56.5 Å². The molecule has 0 aromatic rings. The Labute approximate surface area is 97.9 Å². The van der Waals surface area contributed by atoms with E-state index in [1.165, 1.54) is 12.8 Å². The van der Waals surface area contributed by atoms with Crippen LogP contribution in [0.15, 0.2) is 0 Å². The minimum atomic E-state index is 0.0937. The van der Waals surface area contributed by atoms with Crippen LogP contribution in [0.5, 0.6) is 0 Å². The highest BCUT2D eigenvalue weighted by molar-refractivity contribution is 4.91. The van der Waals surface area contributed by atoms with Gasteiger partial charge in [0.05, 0.1) is 19.8 Å². The van der Waals surface area contributed by atoms with Gasteiger partial charge in [0.25, 0.3) is 0 Å². The summed E-state index contributed by atoms with van der Waals surface area (Å²) < 4.78 is 11.0. The first-order chi connectivity index (χ1) is 7.71. The molecule has 1 aliphatic heterocycles. The van der Waals surface area contributed by atoms with E-state index >= 15 is 0 Å². The van der Waals surface area contributed by atoms with Crippen molar-refractivity contribution in [1.29, 1.82) is 0 Å². The maximum atomic E-state index is 6.01. The second-order valence-corrected chi connectivity index (χ2v) is 5.47. The third-order valence-electron chi connectivity index (χ3n) is 3.63. The molecule has 0 aromatic carbocycles. The van der Waals surface area contributed by atoms with Crippen molar-refractivity contribution in [2.24, 2.45) is 17.1 Å². The number of hydrogen-bond donors (Lipinski definition) is 2. The molecule has 3 N–H and O–H groups in total. The molecule has 1 saturated carbocycles. The van der Waals surface area contributed by atoms with Gasteiger partial charge in [-0.25, -0.2) is 0 Å². The smallest absolute Gasteiger partial charge is 0.0624 e. The molecular weight excluding hydrogens is 204 g/mol. The standard InChI is InChI=1S/C12H24N2O2/c1-12(9-16-7-11(12)13)8-14-4-5-15-6-10-2-3-10/h10-11,14H,2-9,13H2,1H3. The lowest BCUT2D eigenvalue weighted by molar-refractivity contribution is 0.120. The van der Waals surface area contributed by atoms with E-state index in [0.29, 0.717) is 6.61 Å². The Kier molecular flexibility index (Phi) is 4.19. The summed E-state index contributed by atoms with van der Waals surface area (Å²) in [4.78, 5) is 0. The van der Waals surface area contributed by atoms with Crippen LogP contribution < -0.4 is 11.1 Å². The van der Waals surface area contributed by atoms with Gasteiger partial charge < -0.3 is 20.5 Å². The van der Waals surface area contributed by atoms with E-state index in [9.17, 15) is 0 Å². The van der Waals surface area contributed by atoms with Gasteiger partial charge in [-0.3, -0.25) is 0 Å². The molecule has 0 bridgehead atoms. The van der Waals surface area contributed by atoms with Crippen LogP contribution in [-0.4, -0.2) is 45.6 Å². The molecule has 16 heavy (non-hydrogen) atoms. The average molecular weight is 228 g/mol. The first kappa shape index (κ1) is 12.3. The van der Waals surface area contributed by atoms with Crippen LogP contribution in [0, 0.1) is 11.3 Å². The summed E-state index contributed by atoms with van der Waals surface area (Å²) in [5.41, 5.74) is 6.10. The van der Waals surface area contributed by atoms with E-state index in [-0.39, 0.29) is 11.5 Å². The zero-order chi connectivity index (χ0) is 11.4. The lowest BCUT2D eigenvalue weighted by Gasteiger charge is -2.27. The summed E-state index contributed by atoms with van der Waals surface area (Å²) >= 11 is 0. The first-order valence-electron chi connectivity index (χ1n) is 6.32. The third-order valence-corrected chi connectivity index (χ3v) is 3.63. The Hall–Kier alpha value is -0.160. The quantitative estimate of drug-likeness (QED) is 0.618. The van der Waals surface area contributed by atoms with E-state index in [1.54, 1.807) is 0 Å². The van der Waals surface area contributed by atoms with Crippen LogP contribution in [0.4, 0.5) is 0 Å². The van der Waals surface area contributed by atoms with Gasteiger partial charge in [0.2, 0.25) is 0 Å². The molecule has 4 heteroatoms. The Morgan fingerprint density at radius 3 is 2.94 bits per heavy atom. The van der Waals surface area contributed by atoms with Crippen molar-refractivity contribution >= 4 is 0 Å². The minimum Gasteiger partial charge on any atom is -0.380 e. The number of hydrogen-bond acceptors (Lipinski definition) is 4. The molecule has 0 radical (unpaired) electrons. The van der Waals surface area contributed by atoms with Crippen LogP contribution in [-0.2, 0) is 9.47 Å². The van der Waals surface area contributed by atoms with Gasteiger partial charge in [-0.1, -0.05) is 6.92 Å². The fourth-order valence-electron chi connectivity index (χ4n) is 1.96. The Morgan fingerprint density at radius 1 is 1.50 bits per heavy atom. The molecule has 2 fully saturated rings. The number of nitrogens with two attached hydrogens (primary N) is 1. The summed E-state index contributed by atoms with van der Waals surface area (Å²) in [7, 11) is 0. The van der Waals surface area contributed by atoms with Crippen molar-refractivity contribution in [3.05, 3.63) is 0 Å². The van der Waals surface area contributed by atoms with Crippen molar-refractivity contribution < 1.29 is 9.47 Å². The molecule has 0 amide bonds. The van der Waals surface area contributed by atoms with Crippen molar-refractivity contribution in [2.75, 3.05) is 39.5 Å². The minimum absolute atomic E-state index is 0.0937. The van der Waals surface area contributed by atoms with Gasteiger partial charge in [-0.15, -0.1) is 0 Å². The molecule has 0 aromatic heterocycles. The molecule has 1 heterocycles. The normalized spacial score (nSPS) is 34.5. The highest BCUT2D eigenvalue weighted by Gasteiger charge is 2.36. The van der Waals surface area contributed by atoms with Crippen LogP contribution in [0.2, 0.25) is 0 Å². The lowest BCUT2D eigenvalue weighted by Crippen LogP contribution is -2.45. The molecule has 94 valence electrons. The fraction of sp³-hybridized carbons (Fsp3) is 1.00. The second kappa shape index (κ2) is 5.45. The average Bonchev–Trinajstić information content (AvgIpc) is 3.01. The van der Waals surface area contributed by atoms with E-state index in [4.69, 9.17) is 15.2 Å². The first-order valence-corrected chi connectivity index (χ1v) is 6.32. The molecule has 1 saturated heterocycles. The fourth-order valence-corrected chi connectivity index (χ4v) is 1.96. The van der Waals surface area contributed by atoms with E-state index in [0.717, 1.165) is 38.8 Å². The van der Waals surface area contributed by atoms with Crippen LogP contribution in [0.1, 0.15) is 19.8 Å². The van der Waals surface area contributed by atoms with E-state index in [1.807, 2.05) is 0 Å². The zero-order valence-corrected chi connectivity index (χ0v) is 10.2. The Bertz CT molecular complexity index is 221. The number of nitrogens with one attached hydrogen (secondary N) is 1. The molecule has 4 nitrogen and oxygen atoms in total. The summed E-state index contributed by atoms with van der Waals surface area (Å²) in [5, 5.41) is 3.41. The third kappa shape index (κ3) is 3.42. The van der Waals surface area contributed by atoms with Gasteiger partial charge >= 0.3 is 0 Å². The molecule has 2 atom stereocenters. The molecular formula is C12H24N2O2. The summed E-state index contributed by atoms with van der Waals surface area (Å²) in [5.74, 6) is 0.856. The van der Waals surface area contributed by atoms with Gasteiger partial charge in [-0.2, -0.15) is 0 Å². The molecule has 1 aliphatic carbocycles. The van der Waals surface area contributed by atoms with E-state index in [2.05, 4.69) is 12.2 Å². The monoisotopic (exact) mass is 228 g/mol. The molecule has 0 spiro atoms.